The van der Waals surface area contributed by atoms with E-state index < -0.39 is 4.92 Å². The van der Waals surface area contributed by atoms with Crippen molar-refractivity contribution in [3.05, 3.63) is 27.9 Å². The first-order valence-electron chi connectivity index (χ1n) is 6.86. The number of aromatic nitrogens is 1. The number of hydrogen-bond donors (Lipinski definition) is 0. The Morgan fingerprint density at radius 3 is 2.57 bits per heavy atom. The maximum Gasteiger partial charge on any atom is 0.308 e. The van der Waals surface area contributed by atoms with Crippen LogP contribution < -0.4 is 4.74 Å². The van der Waals surface area contributed by atoms with Gasteiger partial charge in [-0.1, -0.05) is 0 Å². The second-order valence-corrected chi connectivity index (χ2v) is 5.18. The van der Waals surface area contributed by atoms with Gasteiger partial charge in [0.25, 0.3) is 5.69 Å². The highest BCUT2D eigenvalue weighted by Gasteiger charge is 2.28. The number of rotatable bonds is 4. The molecule has 0 N–H and O–H groups in total. The summed E-state index contributed by atoms with van der Waals surface area (Å²) in [5.41, 5.74) is 0.505. The molecule has 0 bridgehead atoms. The van der Waals surface area contributed by atoms with E-state index in [1.807, 2.05) is 0 Å². The number of carbonyl (C=O) groups excluding carboxylic acids is 1. The Morgan fingerprint density at radius 1 is 1.38 bits per heavy atom. The van der Waals surface area contributed by atoms with Crippen LogP contribution in [0.1, 0.15) is 31.2 Å². The lowest BCUT2D eigenvalue weighted by Gasteiger charge is -2.27. The monoisotopic (exact) mass is 294 g/mol. The number of ether oxygens (including phenoxy) is 2. The molecule has 7 nitrogen and oxygen atoms in total. The third-order valence-corrected chi connectivity index (χ3v) is 3.75. The van der Waals surface area contributed by atoms with Crippen molar-refractivity contribution in [2.75, 3.05) is 7.11 Å². The Balaban J connectivity index is 1.93. The van der Waals surface area contributed by atoms with E-state index in [1.54, 1.807) is 13.0 Å². The average molecular weight is 294 g/mol. The molecule has 114 valence electrons. The van der Waals surface area contributed by atoms with Crippen molar-refractivity contribution in [2.45, 2.75) is 38.7 Å². The smallest absolute Gasteiger partial charge is 0.308 e. The molecule has 0 amide bonds. The molecule has 1 aliphatic carbocycles. The maximum absolute atomic E-state index is 11.4. The van der Waals surface area contributed by atoms with Gasteiger partial charge in [-0.15, -0.1) is 0 Å². The SMILES string of the molecule is COC(=O)[C@H]1CC[C@@H](Oc2cc(C)c([N+](=O)[O-])cn2)CC1. The summed E-state index contributed by atoms with van der Waals surface area (Å²) in [4.78, 5) is 25.7. The summed E-state index contributed by atoms with van der Waals surface area (Å²) in [6, 6.07) is 1.57. The van der Waals surface area contributed by atoms with E-state index in [1.165, 1.54) is 13.3 Å². The zero-order valence-electron chi connectivity index (χ0n) is 12.1. The van der Waals surface area contributed by atoms with E-state index in [4.69, 9.17) is 9.47 Å². The number of hydrogen-bond acceptors (Lipinski definition) is 6. The molecule has 1 fully saturated rings. The molecule has 1 aliphatic rings. The van der Waals surface area contributed by atoms with Crippen molar-refractivity contribution in [2.24, 2.45) is 5.92 Å². The summed E-state index contributed by atoms with van der Waals surface area (Å²) >= 11 is 0. The highest BCUT2D eigenvalue weighted by Crippen LogP contribution is 2.29. The second kappa shape index (κ2) is 6.51. The van der Waals surface area contributed by atoms with Crippen LogP contribution in [0, 0.1) is 23.0 Å². The van der Waals surface area contributed by atoms with Crippen molar-refractivity contribution in [1.82, 2.24) is 4.98 Å². The second-order valence-electron chi connectivity index (χ2n) is 5.18. The number of carbonyl (C=O) groups is 1. The first-order valence-corrected chi connectivity index (χ1v) is 6.86. The van der Waals surface area contributed by atoms with Crippen LogP contribution in [0.3, 0.4) is 0 Å². The molecule has 0 unspecified atom stereocenters. The fourth-order valence-electron chi connectivity index (χ4n) is 2.53. The van der Waals surface area contributed by atoms with Gasteiger partial charge in [0, 0.05) is 11.6 Å². The van der Waals surface area contributed by atoms with Crippen LogP contribution in [0.25, 0.3) is 0 Å². The number of pyridine rings is 1. The number of methoxy groups -OCH3 is 1. The maximum atomic E-state index is 11.4. The molecule has 2 rings (SSSR count). The van der Waals surface area contributed by atoms with Gasteiger partial charge in [0.15, 0.2) is 0 Å². The Labute approximate surface area is 122 Å². The molecule has 21 heavy (non-hydrogen) atoms. The predicted octanol–water partition coefficient (Wildman–Crippen LogP) is 2.41. The number of nitrogens with zero attached hydrogens (tertiary/aromatic N) is 2. The van der Waals surface area contributed by atoms with Gasteiger partial charge in [-0.25, -0.2) is 4.98 Å². The first kappa shape index (κ1) is 15.2. The topological polar surface area (TPSA) is 91.6 Å². The Kier molecular flexibility index (Phi) is 4.72. The number of aryl methyl sites for hydroxylation is 1. The Bertz CT molecular complexity index is 538. The van der Waals surface area contributed by atoms with Crippen LogP contribution in [-0.2, 0) is 9.53 Å². The van der Waals surface area contributed by atoms with Crippen LogP contribution in [-0.4, -0.2) is 29.1 Å². The minimum Gasteiger partial charge on any atom is -0.474 e. The van der Waals surface area contributed by atoms with E-state index >= 15 is 0 Å². The van der Waals surface area contributed by atoms with Crippen molar-refractivity contribution in [3.63, 3.8) is 0 Å². The van der Waals surface area contributed by atoms with Crippen LogP contribution in [0.2, 0.25) is 0 Å². The largest absolute Gasteiger partial charge is 0.474 e. The molecule has 1 saturated carbocycles. The molecule has 0 atom stereocenters. The van der Waals surface area contributed by atoms with Gasteiger partial charge in [-0.2, -0.15) is 0 Å². The zero-order chi connectivity index (χ0) is 15.4. The van der Waals surface area contributed by atoms with Crippen LogP contribution in [0.5, 0.6) is 5.88 Å². The van der Waals surface area contributed by atoms with E-state index in [0.717, 1.165) is 25.7 Å². The van der Waals surface area contributed by atoms with Gasteiger partial charge in [-0.3, -0.25) is 14.9 Å². The van der Waals surface area contributed by atoms with Gasteiger partial charge >= 0.3 is 5.97 Å². The summed E-state index contributed by atoms with van der Waals surface area (Å²) in [5, 5.41) is 10.7. The molecular weight excluding hydrogens is 276 g/mol. The lowest BCUT2D eigenvalue weighted by Crippen LogP contribution is -2.28. The quantitative estimate of drug-likeness (QED) is 0.481. The molecule has 1 heterocycles. The summed E-state index contributed by atoms with van der Waals surface area (Å²) in [6.07, 6.45) is 4.14. The van der Waals surface area contributed by atoms with Crippen molar-refractivity contribution < 1.29 is 19.2 Å². The van der Waals surface area contributed by atoms with Gasteiger partial charge < -0.3 is 9.47 Å². The van der Waals surface area contributed by atoms with Gasteiger partial charge in [0.05, 0.1) is 18.0 Å². The van der Waals surface area contributed by atoms with Gasteiger partial charge in [0.1, 0.15) is 12.3 Å². The van der Waals surface area contributed by atoms with Gasteiger partial charge in [0.2, 0.25) is 5.88 Å². The Hall–Kier alpha value is -2.18. The molecule has 7 heteroatoms. The van der Waals surface area contributed by atoms with Crippen LogP contribution in [0.4, 0.5) is 5.69 Å². The molecule has 0 radical (unpaired) electrons. The molecule has 0 aromatic carbocycles. The average Bonchev–Trinajstić information content (AvgIpc) is 2.47. The normalized spacial score (nSPS) is 21.6. The van der Waals surface area contributed by atoms with E-state index in [-0.39, 0.29) is 23.7 Å². The first-order chi connectivity index (χ1) is 10.0. The highest BCUT2D eigenvalue weighted by atomic mass is 16.6. The summed E-state index contributed by atoms with van der Waals surface area (Å²) < 4.78 is 10.5. The minimum absolute atomic E-state index is 0.0146. The van der Waals surface area contributed by atoms with E-state index in [9.17, 15) is 14.9 Å². The minimum atomic E-state index is -0.465. The molecule has 0 saturated heterocycles. The fraction of sp³-hybridized carbons (Fsp3) is 0.571. The van der Waals surface area contributed by atoms with Crippen molar-refractivity contribution >= 4 is 11.7 Å². The summed E-state index contributed by atoms with van der Waals surface area (Å²) in [7, 11) is 1.40. The molecular formula is C14H18N2O5. The van der Waals surface area contributed by atoms with Crippen molar-refractivity contribution in [3.8, 4) is 5.88 Å². The summed E-state index contributed by atoms with van der Waals surface area (Å²) in [5.74, 6) is 0.166. The van der Waals surface area contributed by atoms with E-state index in [0.29, 0.717) is 11.4 Å². The zero-order valence-corrected chi connectivity index (χ0v) is 12.1. The third-order valence-electron chi connectivity index (χ3n) is 3.75. The number of esters is 1. The van der Waals surface area contributed by atoms with Crippen LogP contribution >= 0.6 is 0 Å². The molecule has 1 aromatic heterocycles. The Morgan fingerprint density at radius 2 is 2.05 bits per heavy atom. The van der Waals surface area contributed by atoms with Gasteiger partial charge in [-0.05, 0) is 32.6 Å². The molecule has 0 aliphatic heterocycles. The lowest BCUT2D eigenvalue weighted by atomic mass is 9.87. The van der Waals surface area contributed by atoms with Crippen LogP contribution in [0.15, 0.2) is 12.3 Å². The molecule has 0 spiro atoms. The fourth-order valence-corrected chi connectivity index (χ4v) is 2.53. The third kappa shape index (κ3) is 3.68. The van der Waals surface area contributed by atoms with Crippen molar-refractivity contribution in [1.29, 1.82) is 0 Å². The number of nitro groups is 1. The lowest BCUT2D eigenvalue weighted by molar-refractivity contribution is -0.385. The molecule has 1 aromatic rings. The standard InChI is InChI=1S/C14H18N2O5/c1-9-7-13(15-8-12(9)16(18)19)21-11-5-3-10(4-6-11)14(17)20-2/h7-8,10-11H,3-6H2,1-2H3/t10-,11+. The summed E-state index contributed by atoms with van der Waals surface area (Å²) in [6.45, 7) is 1.65. The highest BCUT2D eigenvalue weighted by molar-refractivity contribution is 5.72. The van der Waals surface area contributed by atoms with E-state index in [2.05, 4.69) is 4.98 Å². The predicted molar refractivity (Wildman–Crippen MR) is 74.0 cm³/mol.